The smallest absolute Gasteiger partial charge is 0.339 e. The highest BCUT2D eigenvalue weighted by Crippen LogP contribution is 2.36. The zero-order valence-corrected chi connectivity index (χ0v) is 14.1. The minimum absolute atomic E-state index is 0.287. The Morgan fingerprint density at radius 2 is 2.04 bits per heavy atom. The number of aromatic nitrogens is 2. The van der Waals surface area contributed by atoms with E-state index in [1.54, 1.807) is 13.2 Å². The Bertz CT molecular complexity index is 723. The minimum atomic E-state index is -0.940. The number of rotatable bonds is 4. The monoisotopic (exact) mass is 332 g/mol. The van der Waals surface area contributed by atoms with E-state index in [1.807, 2.05) is 12.3 Å². The number of hydrogen-bond acceptors (Lipinski definition) is 6. The normalized spacial score (nSPS) is 14.8. The van der Waals surface area contributed by atoms with Crippen molar-refractivity contribution in [1.29, 1.82) is 0 Å². The van der Waals surface area contributed by atoms with E-state index in [0.29, 0.717) is 10.6 Å². The summed E-state index contributed by atoms with van der Waals surface area (Å²) >= 11 is 1.38. The van der Waals surface area contributed by atoms with Crippen molar-refractivity contribution in [3.8, 4) is 11.1 Å². The van der Waals surface area contributed by atoms with Gasteiger partial charge in [0, 0.05) is 42.8 Å². The van der Waals surface area contributed by atoms with Crippen LogP contribution in [0.15, 0.2) is 11.6 Å². The zero-order chi connectivity index (χ0) is 16.4. The maximum Gasteiger partial charge on any atom is 0.339 e. The lowest BCUT2D eigenvalue weighted by molar-refractivity contribution is 0.0699. The lowest BCUT2D eigenvalue weighted by atomic mass is 10.0. The molecule has 2 aromatic rings. The summed E-state index contributed by atoms with van der Waals surface area (Å²) in [6.07, 6.45) is 5.35. The lowest BCUT2D eigenvalue weighted by Gasteiger charge is -2.26. The van der Waals surface area contributed by atoms with Crippen molar-refractivity contribution < 1.29 is 9.90 Å². The first-order chi connectivity index (χ1) is 11.1. The van der Waals surface area contributed by atoms with Crippen LogP contribution >= 0.6 is 11.3 Å². The van der Waals surface area contributed by atoms with Crippen molar-refractivity contribution in [2.45, 2.75) is 26.2 Å². The van der Waals surface area contributed by atoms with Gasteiger partial charge in [0.25, 0.3) is 0 Å². The average molecular weight is 332 g/mol. The highest BCUT2D eigenvalue weighted by atomic mass is 32.1. The van der Waals surface area contributed by atoms with Gasteiger partial charge in [-0.2, -0.15) is 0 Å². The van der Waals surface area contributed by atoms with Crippen LogP contribution in [-0.2, 0) is 0 Å². The molecule has 2 N–H and O–H groups in total. The second-order valence-electron chi connectivity index (χ2n) is 5.63. The summed E-state index contributed by atoms with van der Waals surface area (Å²) in [5.41, 5.74) is 2.55. The van der Waals surface area contributed by atoms with Crippen molar-refractivity contribution >= 4 is 28.3 Å². The number of hydrogen-bond donors (Lipinski definition) is 2. The third-order valence-electron chi connectivity index (χ3n) is 4.13. The molecule has 0 bridgehead atoms. The van der Waals surface area contributed by atoms with Crippen LogP contribution in [0.2, 0.25) is 0 Å². The summed E-state index contributed by atoms with van der Waals surface area (Å²) in [6, 6.07) is 0. The molecule has 0 unspecified atom stereocenters. The number of carboxylic acid groups (broad SMARTS) is 1. The molecule has 0 atom stereocenters. The molecule has 0 spiro atoms. The first-order valence-corrected chi connectivity index (χ1v) is 8.61. The molecule has 1 saturated heterocycles. The number of nitrogens with zero attached hydrogens (tertiary/aromatic N) is 3. The Labute approximate surface area is 139 Å². The predicted molar refractivity (Wildman–Crippen MR) is 92.7 cm³/mol. The van der Waals surface area contributed by atoms with Crippen molar-refractivity contribution in [3.05, 3.63) is 22.8 Å². The predicted octanol–water partition coefficient (Wildman–Crippen LogP) is 3.24. The Kier molecular flexibility index (Phi) is 4.47. The molecule has 1 fully saturated rings. The van der Waals surface area contributed by atoms with Crippen molar-refractivity contribution in [2.24, 2.45) is 0 Å². The van der Waals surface area contributed by atoms with E-state index in [1.165, 1.54) is 30.6 Å². The van der Waals surface area contributed by atoms with Gasteiger partial charge in [0.05, 0.1) is 5.69 Å². The van der Waals surface area contributed by atoms with E-state index in [2.05, 4.69) is 20.2 Å². The van der Waals surface area contributed by atoms with E-state index < -0.39 is 5.97 Å². The first kappa shape index (κ1) is 15.7. The molecule has 0 aromatic carbocycles. The first-order valence-electron chi connectivity index (χ1n) is 7.73. The van der Waals surface area contributed by atoms with Crippen LogP contribution in [0.3, 0.4) is 0 Å². The molecule has 0 amide bonds. The third-order valence-corrected chi connectivity index (χ3v) is 5.13. The van der Waals surface area contributed by atoms with Gasteiger partial charge in [-0.05, 0) is 26.2 Å². The van der Waals surface area contributed by atoms with E-state index in [9.17, 15) is 9.90 Å². The van der Waals surface area contributed by atoms with E-state index in [-0.39, 0.29) is 5.56 Å². The molecular formula is C16H20N4O2S. The third kappa shape index (κ3) is 3.01. The largest absolute Gasteiger partial charge is 0.478 e. The lowest BCUT2D eigenvalue weighted by Crippen LogP contribution is -2.31. The molecule has 122 valence electrons. The molecular weight excluding hydrogens is 312 g/mol. The fourth-order valence-corrected chi connectivity index (χ4v) is 3.83. The maximum absolute atomic E-state index is 11.6. The summed E-state index contributed by atoms with van der Waals surface area (Å²) in [4.78, 5) is 22.9. The number of carbonyl (C=O) groups is 1. The van der Waals surface area contributed by atoms with Gasteiger partial charge in [0.1, 0.15) is 10.6 Å². The molecule has 1 aliphatic rings. The van der Waals surface area contributed by atoms with Crippen LogP contribution in [-0.4, -0.2) is 41.2 Å². The Morgan fingerprint density at radius 3 is 2.65 bits per heavy atom. The van der Waals surface area contributed by atoms with Gasteiger partial charge in [-0.3, -0.25) is 0 Å². The summed E-state index contributed by atoms with van der Waals surface area (Å²) in [7, 11) is 1.73. The van der Waals surface area contributed by atoms with E-state index >= 15 is 0 Å². The van der Waals surface area contributed by atoms with Crippen LogP contribution in [0.4, 0.5) is 10.9 Å². The fraction of sp³-hybridized carbons (Fsp3) is 0.438. The van der Waals surface area contributed by atoms with Gasteiger partial charge in [-0.1, -0.05) is 0 Å². The minimum Gasteiger partial charge on any atom is -0.478 e. The van der Waals surface area contributed by atoms with Crippen LogP contribution in [0.1, 0.15) is 35.3 Å². The van der Waals surface area contributed by atoms with Crippen molar-refractivity contribution in [3.63, 3.8) is 0 Å². The molecule has 6 nitrogen and oxygen atoms in total. The van der Waals surface area contributed by atoms with Gasteiger partial charge in [-0.15, -0.1) is 11.3 Å². The van der Waals surface area contributed by atoms with Gasteiger partial charge >= 0.3 is 5.97 Å². The molecule has 23 heavy (non-hydrogen) atoms. The number of thiophene rings is 1. The number of carboxylic acids is 1. The number of aromatic carboxylic acids is 1. The Hall–Kier alpha value is -2.15. The second kappa shape index (κ2) is 6.54. The van der Waals surface area contributed by atoms with Crippen LogP contribution in [0.25, 0.3) is 11.1 Å². The highest BCUT2D eigenvalue weighted by Gasteiger charge is 2.22. The van der Waals surface area contributed by atoms with E-state index in [0.717, 1.165) is 30.3 Å². The molecule has 0 saturated carbocycles. The van der Waals surface area contributed by atoms with Crippen molar-refractivity contribution in [2.75, 3.05) is 30.4 Å². The Balaban J connectivity index is 1.98. The van der Waals surface area contributed by atoms with Crippen molar-refractivity contribution in [1.82, 2.24) is 9.97 Å². The average Bonchev–Trinajstić information content (AvgIpc) is 2.99. The number of nitrogens with one attached hydrogen (secondary N) is 1. The molecule has 3 rings (SSSR count). The Morgan fingerprint density at radius 1 is 1.30 bits per heavy atom. The van der Waals surface area contributed by atoms with Crippen LogP contribution in [0, 0.1) is 6.92 Å². The molecule has 0 radical (unpaired) electrons. The topological polar surface area (TPSA) is 78.4 Å². The fourth-order valence-electron chi connectivity index (χ4n) is 2.92. The number of aryl methyl sites for hydroxylation is 1. The summed E-state index contributed by atoms with van der Waals surface area (Å²) in [5, 5.41) is 14.9. The standard InChI is InChI=1S/C16H20N4O2S/c1-10-11(12-9-23-14(17-2)13(12)15(21)22)8-18-16(19-10)20-6-4-3-5-7-20/h8-9,17H,3-7H2,1-2H3,(H,21,22). The number of piperidine rings is 1. The maximum atomic E-state index is 11.6. The summed E-state index contributed by atoms with van der Waals surface area (Å²) < 4.78 is 0. The highest BCUT2D eigenvalue weighted by molar-refractivity contribution is 7.15. The van der Waals surface area contributed by atoms with Gasteiger partial charge in [-0.25, -0.2) is 14.8 Å². The second-order valence-corrected chi connectivity index (χ2v) is 6.51. The van der Waals surface area contributed by atoms with Crippen LogP contribution in [0.5, 0.6) is 0 Å². The molecule has 1 aliphatic heterocycles. The molecule has 0 aliphatic carbocycles. The summed E-state index contributed by atoms with van der Waals surface area (Å²) in [6.45, 7) is 3.88. The zero-order valence-electron chi connectivity index (χ0n) is 13.3. The molecule has 7 heteroatoms. The SMILES string of the molecule is CNc1scc(-c2cnc(N3CCCCC3)nc2C)c1C(=O)O. The van der Waals surface area contributed by atoms with E-state index in [4.69, 9.17) is 0 Å². The van der Waals surface area contributed by atoms with Gasteiger partial charge in [0.2, 0.25) is 5.95 Å². The number of anilines is 2. The quantitative estimate of drug-likeness (QED) is 0.895. The van der Waals surface area contributed by atoms with Gasteiger partial charge in [0.15, 0.2) is 0 Å². The van der Waals surface area contributed by atoms with Crippen LogP contribution < -0.4 is 10.2 Å². The van der Waals surface area contributed by atoms with Gasteiger partial charge < -0.3 is 15.3 Å². The summed E-state index contributed by atoms with van der Waals surface area (Å²) in [5.74, 6) is -0.197. The molecule has 2 aromatic heterocycles. The molecule has 3 heterocycles.